The molecule has 8 nitrogen and oxygen atoms in total. The van der Waals surface area contributed by atoms with Crippen LogP contribution in [0.3, 0.4) is 0 Å². The van der Waals surface area contributed by atoms with Gasteiger partial charge in [0.15, 0.2) is 0 Å². The lowest BCUT2D eigenvalue weighted by Gasteiger charge is -2.27. The molecule has 2 aliphatic rings. The summed E-state index contributed by atoms with van der Waals surface area (Å²) in [5, 5.41) is 2.60. The molecule has 140 valence electrons. The third kappa shape index (κ3) is 3.23. The van der Waals surface area contributed by atoms with Crippen molar-refractivity contribution in [3.05, 3.63) is 23.9 Å². The molecule has 2 saturated heterocycles. The average molecular weight is 359 g/mol. The number of rotatable bonds is 4. The summed E-state index contributed by atoms with van der Waals surface area (Å²) in [6, 6.07) is 3.33. The molecule has 0 aromatic carbocycles. The highest BCUT2D eigenvalue weighted by Crippen LogP contribution is 2.33. The lowest BCUT2D eigenvalue weighted by molar-refractivity contribution is -0.139. The van der Waals surface area contributed by atoms with E-state index in [1.165, 1.54) is 0 Å². The maximum atomic E-state index is 12.8. The van der Waals surface area contributed by atoms with Gasteiger partial charge in [-0.25, -0.2) is 9.78 Å². The van der Waals surface area contributed by atoms with Gasteiger partial charge in [0.05, 0.1) is 6.04 Å². The molecular formula is C18H25N5O3. The zero-order chi connectivity index (χ0) is 19.1. The van der Waals surface area contributed by atoms with E-state index in [1.54, 1.807) is 24.9 Å². The van der Waals surface area contributed by atoms with E-state index in [9.17, 15) is 14.4 Å². The summed E-state index contributed by atoms with van der Waals surface area (Å²) >= 11 is 0. The standard InChI is InChI=1S/C18H25N5O3/c1-18(2)16(25)23(17(26)20-18)11-15(24)22-9-5-6-13(22)12-7-8-19-14(10-12)21(3)4/h7-8,10,13H,5-6,9,11H2,1-4H3,(H,20,26)/t13-/m1/s1. The fourth-order valence-electron chi connectivity index (χ4n) is 3.49. The summed E-state index contributed by atoms with van der Waals surface area (Å²) in [5.74, 6) is 0.250. The van der Waals surface area contributed by atoms with E-state index >= 15 is 0 Å². The summed E-state index contributed by atoms with van der Waals surface area (Å²) in [4.78, 5) is 46.2. The SMILES string of the molecule is CN(C)c1cc([C@H]2CCCN2C(=O)CN2C(=O)NC(C)(C)C2=O)ccn1. The Morgan fingerprint density at radius 1 is 1.38 bits per heavy atom. The summed E-state index contributed by atoms with van der Waals surface area (Å²) in [7, 11) is 3.84. The van der Waals surface area contributed by atoms with Crippen LogP contribution in [0.1, 0.15) is 38.3 Å². The minimum absolute atomic E-state index is 0.0574. The molecule has 1 atom stereocenters. The van der Waals surface area contributed by atoms with E-state index in [0.717, 1.165) is 29.1 Å². The van der Waals surface area contributed by atoms with E-state index in [4.69, 9.17) is 0 Å². The first-order valence-electron chi connectivity index (χ1n) is 8.77. The van der Waals surface area contributed by atoms with E-state index in [1.807, 2.05) is 31.1 Å². The van der Waals surface area contributed by atoms with Crippen molar-refractivity contribution in [3.63, 3.8) is 0 Å². The third-order valence-electron chi connectivity index (χ3n) is 4.92. The van der Waals surface area contributed by atoms with Crippen LogP contribution in [0.4, 0.5) is 10.6 Å². The highest BCUT2D eigenvalue weighted by Gasteiger charge is 2.45. The second-order valence-electron chi connectivity index (χ2n) is 7.53. The van der Waals surface area contributed by atoms with Gasteiger partial charge in [0.2, 0.25) is 5.91 Å². The first-order valence-corrected chi connectivity index (χ1v) is 8.77. The largest absolute Gasteiger partial charge is 0.363 e. The van der Waals surface area contributed by atoms with Gasteiger partial charge in [-0.1, -0.05) is 0 Å². The predicted molar refractivity (Wildman–Crippen MR) is 96.6 cm³/mol. The molecule has 0 unspecified atom stereocenters. The third-order valence-corrected chi connectivity index (χ3v) is 4.92. The van der Waals surface area contributed by atoms with Crippen LogP contribution in [0.25, 0.3) is 0 Å². The quantitative estimate of drug-likeness (QED) is 0.815. The van der Waals surface area contributed by atoms with Gasteiger partial charge in [-0.2, -0.15) is 0 Å². The monoisotopic (exact) mass is 359 g/mol. The molecule has 1 aromatic rings. The van der Waals surface area contributed by atoms with Crippen LogP contribution in [-0.4, -0.2) is 65.4 Å². The molecule has 0 bridgehead atoms. The van der Waals surface area contributed by atoms with Crippen molar-refractivity contribution < 1.29 is 14.4 Å². The number of anilines is 1. The number of aromatic nitrogens is 1. The normalized spacial score (nSPS) is 21.9. The highest BCUT2D eigenvalue weighted by atomic mass is 16.2. The lowest BCUT2D eigenvalue weighted by Crippen LogP contribution is -2.44. The van der Waals surface area contributed by atoms with Crippen molar-refractivity contribution in [2.75, 3.05) is 32.1 Å². The van der Waals surface area contributed by atoms with Crippen LogP contribution >= 0.6 is 0 Å². The van der Waals surface area contributed by atoms with Gasteiger partial charge in [0.1, 0.15) is 17.9 Å². The number of imide groups is 1. The number of urea groups is 1. The van der Waals surface area contributed by atoms with Crippen molar-refractivity contribution >= 4 is 23.7 Å². The summed E-state index contributed by atoms with van der Waals surface area (Å²) in [6.07, 6.45) is 3.49. The average Bonchev–Trinajstić information content (AvgIpc) is 3.14. The van der Waals surface area contributed by atoms with E-state index in [2.05, 4.69) is 10.3 Å². The molecule has 2 fully saturated rings. The molecule has 2 aliphatic heterocycles. The molecule has 1 N–H and O–H groups in total. The molecule has 0 saturated carbocycles. The van der Waals surface area contributed by atoms with Crippen LogP contribution < -0.4 is 10.2 Å². The molecule has 26 heavy (non-hydrogen) atoms. The number of likely N-dealkylation sites (tertiary alicyclic amines) is 1. The second-order valence-corrected chi connectivity index (χ2v) is 7.53. The first kappa shape index (κ1) is 18.2. The number of carbonyl (C=O) groups is 3. The molecule has 0 radical (unpaired) electrons. The fourth-order valence-corrected chi connectivity index (χ4v) is 3.49. The fraction of sp³-hybridized carbons (Fsp3) is 0.556. The van der Waals surface area contributed by atoms with E-state index < -0.39 is 11.6 Å². The molecule has 8 heteroatoms. The van der Waals surface area contributed by atoms with Gasteiger partial charge in [-0.05, 0) is 44.4 Å². The molecular weight excluding hydrogens is 334 g/mol. The molecule has 3 rings (SSSR count). The van der Waals surface area contributed by atoms with Gasteiger partial charge in [-0.3, -0.25) is 14.5 Å². The summed E-state index contributed by atoms with van der Waals surface area (Å²) < 4.78 is 0. The van der Waals surface area contributed by atoms with E-state index in [-0.39, 0.29) is 24.4 Å². The van der Waals surface area contributed by atoms with Crippen molar-refractivity contribution in [3.8, 4) is 0 Å². The van der Waals surface area contributed by atoms with Crippen molar-refractivity contribution in [1.82, 2.24) is 20.1 Å². The maximum absolute atomic E-state index is 12.8. The Hall–Kier alpha value is -2.64. The number of carbonyl (C=O) groups excluding carboxylic acids is 3. The van der Waals surface area contributed by atoms with Gasteiger partial charge < -0.3 is 15.1 Å². The van der Waals surface area contributed by atoms with Crippen molar-refractivity contribution in [1.29, 1.82) is 0 Å². The number of hydrogen-bond acceptors (Lipinski definition) is 5. The van der Waals surface area contributed by atoms with Gasteiger partial charge in [0.25, 0.3) is 5.91 Å². The number of pyridine rings is 1. The van der Waals surface area contributed by atoms with Crippen LogP contribution in [0.2, 0.25) is 0 Å². The summed E-state index contributed by atoms with van der Waals surface area (Å²) in [6.45, 7) is 3.67. The van der Waals surface area contributed by atoms with E-state index in [0.29, 0.717) is 6.54 Å². The minimum Gasteiger partial charge on any atom is -0.363 e. The number of amides is 4. The predicted octanol–water partition coefficient (Wildman–Crippen LogP) is 1.14. The van der Waals surface area contributed by atoms with Crippen LogP contribution in [0, 0.1) is 0 Å². The zero-order valence-corrected chi connectivity index (χ0v) is 15.7. The van der Waals surface area contributed by atoms with Crippen LogP contribution in [0.15, 0.2) is 18.3 Å². The Bertz CT molecular complexity index is 746. The van der Waals surface area contributed by atoms with Crippen LogP contribution in [0.5, 0.6) is 0 Å². The summed E-state index contributed by atoms with van der Waals surface area (Å²) in [5.41, 5.74) is 0.0556. The van der Waals surface area contributed by atoms with Gasteiger partial charge in [-0.15, -0.1) is 0 Å². The topological polar surface area (TPSA) is 85.9 Å². The molecule has 1 aromatic heterocycles. The number of nitrogens with one attached hydrogen (secondary N) is 1. The van der Waals surface area contributed by atoms with Gasteiger partial charge >= 0.3 is 6.03 Å². The second kappa shape index (κ2) is 6.59. The minimum atomic E-state index is -0.965. The maximum Gasteiger partial charge on any atom is 0.325 e. The van der Waals surface area contributed by atoms with Crippen molar-refractivity contribution in [2.45, 2.75) is 38.3 Å². The van der Waals surface area contributed by atoms with Gasteiger partial charge in [0, 0.05) is 26.8 Å². The van der Waals surface area contributed by atoms with Crippen molar-refractivity contribution in [2.24, 2.45) is 0 Å². The molecule has 3 heterocycles. The number of hydrogen-bond donors (Lipinski definition) is 1. The molecule has 0 aliphatic carbocycles. The van der Waals surface area contributed by atoms with Crippen LogP contribution in [-0.2, 0) is 9.59 Å². The first-order chi connectivity index (χ1) is 12.2. The Kier molecular flexibility index (Phi) is 4.60. The highest BCUT2D eigenvalue weighted by molar-refractivity contribution is 6.08. The Morgan fingerprint density at radius 2 is 2.12 bits per heavy atom. The smallest absolute Gasteiger partial charge is 0.325 e. The molecule has 0 spiro atoms. The lowest BCUT2D eigenvalue weighted by atomic mass is 10.1. The zero-order valence-electron chi connectivity index (χ0n) is 15.7. The Balaban J connectivity index is 1.76. The Labute approximate surface area is 153 Å². The Morgan fingerprint density at radius 3 is 2.73 bits per heavy atom. The molecule has 4 amide bonds. The number of nitrogens with zero attached hydrogens (tertiary/aromatic N) is 4.